The van der Waals surface area contributed by atoms with Gasteiger partial charge in [-0.15, -0.1) is 0 Å². The van der Waals surface area contributed by atoms with Crippen molar-refractivity contribution in [1.82, 2.24) is 10.3 Å². The van der Waals surface area contributed by atoms with Gasteiger partial charge in [-0.05, 0) is 37.0 Å². The molecule has 27 heavy (non-hydrogen) atoms. The molecule has 1 aliphatic carbocycles. The van der Waals surface area contributed by atoms with Crippen LogP contribution in [-0.2, 0) is 4.79 Å². The highest BCUT2D eigenvalue weighted by Crippen LogP contribution is 2.29. The number of amides is 2. The molecule has 1 heterocycles. The second-order valence-corrected chi connectivity index (χ2v) is 7.42. The van der Waals surface area contributed by atoms with Crippen molar-refractivity contribution in [1.29, 1.82) is 0 Å². The molecule has 0 spiro atoms. The molecule has 1 aromatic heterocycles. The monoisotopic (exact) mass is 393 g/mol. The van der Waals surface area contributed by atoms with Crippen molar-refractivity contribution in [3.63, 3.8) is 0 Å². The second-order valence-electron chi connectivity index (χ2n) is 7.01. The van der Waals surface area contributed by atoms with Crippen LogP contribution < -0.4 is 10.6 Å². The summed E-state index contributed by atoms with van der Waals surface area (Å²) in [6, 6.07) is 3.54. The van der Waals surface area contributed by atoms with E-state index >= 15 is 0 Å². The van der Waals surface area contributed by atoms with Gasteiger partial charge in [0.05, 0.1) is 5.02 Å². The third-order valence-electron chi connectivity index (χ3n) is 4.64. The Bertz CT molecular complexity index is 848. The van der Waals surface area contributed by atoms with Gasteiger partial charge in [0.25, 0.3) is 5.91 Å². The van der Waals surface area contributed by atoms with Crippen molar-refractivity contribution in [2.45, 2.75) is 39.2 Å². The van der Waals surface area contributed by atoms with Gasteiger partial charge in [0.2, 0.25) is 11.8 Å². The molecule has 1 fully saturated rings. The molecule has 8 heteroatoms. The Kier molecular flexibility index (Phi) is 5.79. The van der Waals surface area contributed by atoms with Crippen molar-refractivity contribution < 1.29 is 18.4 Å². The first-order valence-electron chi connectivity index (χ1n) is 8.87. The fourth-order valence-corrected chi connectivity index (χ4v) is 2.88. The zero-order valence-electron chi connectivity index (χ0n) is 15.1. The highest BCUT2D eigenvalue weighted by Gasteiger charge is 2.30. The SMILES string of the molecule is CC(C)[C@@H](NC(=O)C1CCC1)c1nc(C(=O)Nc2ccc(Cl)c(F)c2)co1. The summed E-state index contributed by atoms with van der Waals surface area (Å²) in [5, 5.41) is 5.47. The minimum absolute atomic E-state index is 0.0132. The van der Waals surface area contributed by atoms with Crippen molar-refractivity contribution in [2.24, 2.45) is 11.8 Å². The third-order valence-corrected chi connectivity index (χ3v) is 4.95. The predicted octanol–water partition coefficient (Wildman–Crippen LogP) is 4.33. The van der Waals surface area contributed by atoms with Crippen LogP contribution in [0, 0.1) is 17.7 Å². The van der Waals surface area contributed by atoms with E-state index in [1.165, 1.54) is 18.4 Å². The summed E-state index contributed by atoms with van der Waals surface area (Å²) in [4.78, 5) is 28.8. The highest BCUT2D eigenvalue weighted by atomic mass is 35.5. The lowest BCUT2D eigenvalue weighted by atomic mass is 9.84. The number of benzene rings is 1. The lowest BCUT2D eigenvalue weighted by Crippen LogP contribution is -2.38. The molecule has 1 aromatic carbocycles. The third kappa shape index (κ3) is 4.47. The van der Waals surface area contributed by atoms with Crippen LogP contribution in [0.5, 0.6) is 0 Å². The fraction of sp³-hybridized carbons (Fsp3) is 0.421. The first-order valence-corrected chi connectivity index (χ1v) is 9.25. The number of oxazole rings is 1. The molecule has 2 amide bonds. The summed E-state index contributed by atoms with van der Waals surface area (Å²) in [5.41, 5.74) is 0.300. The van der Waals surface area contributed by atoms with E-state index in [9.17, 15) is 14.0 Å². The predicted molar refractivity (Wildman–Crippen MR) is 98.9 cm³/mol. The minimum Gasteiger partial charge on any atom is -0.446 e. The number of aromatic nitrogens is 1. The number of nitrogens with one attached hydrogen (secondary N) is 2. The average molecular weight is 394 g/mol. The van der Waals surface area contributed by atoms with Gasteiger partial charge in [-0.1, -0.05) is 31.9 Å². The van der Waals surface area contributed by atoms with Crippen LogP contribution in [-0.4, -0.2) is 16.8 Å². The van der Waals surface area contributed by atoms with Gasteiger partial charge < -0.3 is 15.1 Å². The largest absolute Gasteiger partial charge is 0.446 e. The number of halogens is 2. The van der Waals surface area contributed by atoms with Crippen molar-refractivity contribution >= 4 is 29.1 Å². The lowest BCUT2D eigenvalue weighted by Gasteiger charge is -2.27. The molecule has 2 N–H and O–H groups in total. The second kappa shape index (κ2) is 8.08. The zero-order valence-corrected chi connectivity index (χ0v) is 15.8. The maximum Gasteiger partial charge on any atom is 0.277 e. The van der Waals surface area contributed by atoms with Crippen LogP contribution in [0.4, 0.5) is 10.1 Å². The quantitative estimate of drug-likeness (QED) is 0.764. The number of nitrogens with zero attached hydrogens (tertiary/aromatic N) is 1. The van der Waals surface area contributed by atoms with E-state index in [2.05, 4.69) is 15.6 Å². The number of anilines is 1. The first kappa shape index (κ1) is 19.4. The van der Waals surface area contributed by atoms with E-state index in [0.717, 1.165) is 25.3 Å². The van der Waals surface area contributed by atoms with Crippen LogP contribution in [0.15, 0.2) is 28.9 Å². The first-order chi connectivity index (χ1) is 12.8. The maximum atomic E-state index is 13.5. The molecule has 2 aromatic rings. The van der Waals surface area contributed by atoms with E-state index in [0.29, 0.717) is 0 Å². The van der Waals surface area contributed by atoms with Crippen LogP contribution in [0.1, 0.15) is 55.5 Å². The molecule has 0 aliphatic heterocycles. The van der Waals surface area contributed by atoms with Crippen molar-refractivity contribution in [3.8, 4) is 0 Å². The summed E-state index contributed by atoms with van der Waals surface area (Å²) in [5.74, 6) is -0.836. The zero-order chi connectivity index (χ0) is 19.6. The number of hydrogen-bond acceptors (Lipinski definition) is 4. The summed E-state index contributed by atoms with van der Waals surface area (Å²) in [6.07, 6.45) is 4.09. The van der Waals surface area contributed by atoms with E-state index in [-0.39, 0.29) is 40.0 Å². The molecule has 0 radical (unpaired) electrons. The molecule has 0 unspecified atom stereocenters. The Morgan fingerprint density at radius 1 is 1.33 bits per heavy atom. The summed E-state index contributed by atoms with van der Waals surface area (Å²) in [6.45, 7) is 3.87. The average Bonchev–Trinajstić information content (AvgIpc) is 3.04. The molecule has 144 valence electrons. The topological polar surface area (TPSA) is 84.2 Å². The summed E-state index contributed by atoms with van der Waals surface area (Å²) >= 11 is 5.63. The summed E-state index contributed by atoms with van der Waals surface area (Å²) in [7, 11) is 0. The highest BCUT2D eigenvalue weighted by molar-refractivity contribution is 6.30. The van der Waals surface area contributed by atoms with E-state index < -0.39 is 17.8 Å². The molecular formula is C19H21ClFN3O3. The molecule has 1 saturated carbocycles. The Morgan fingerprint density at radius 3 is 2.67 bits per heavy atom. The number of carbonyl (C=O) groups excluding carboxylic acids is 2. The normalized spacial score (nSPS) is 15.3. The molecule has 1 atom stereocenters. The number of carbonyl (C=O) groups is 2. The Balaban J connectivity index is 1.70. The van der Waals surface area contributed by atoms with Gasteiger partial charge in [-0.2, -0.15) is 0 Å². The van der Waals surface area contributed by atoms with Gasteiger partial charge >= 0.3 is 0 Å². The Morgan fingerprint density at radius 2 is 2.07 bits per heavy atom. The lowest BCUT2D eigenvalue weighted by molar-refractivity contribution is -0.128. The number of hydrogen-bond donors (Lipinski definition) is 2. The molecular weight excluding hydrogens is 373 g/mol. The van der Waals surface area contributed by atoms with Gasteiger partial charge in [0, 0.05) is 11.6 Å². The van der Waals surface area contributed by atoms with Crippen LogP contribution in [0.3, 0.4) is 0 Å². The number of rotatable bonds is 6. The molecule has 0 saturated heterocycles. The molecule has 1 aliphatic rings. The standard InChI is InChI=1S/C19H21ClFN3O3/c1-10(2)16(24-17(25)11-4-3-5-11)19-23-15(9-27-19)18(26)22-12-6-7-13(20)14(21)8-12/h6-11,16H,3-5H2,1-2H3,(H,22,26)(H,24,25)/t16-/m1/s1. The molecule has 3 rings (SSSR count). The Labute approximate surface area is 161 Å². The van der Waals surface area contributed by atoms with E-state index in [1.807, 2.05) is 13.8 Å². The fourth-order valence-electron chi connectivity index (χ4n) is 2.76. The van der Waals surface area contributed by atoms with Gasteiger partial charge in [-0.3, -0.25) is 9.59 Å². The van der Waals surface area contributed by atoms with E-state index in [1.54, 1.807) is 0 Å². The van der Waals surface area contributed by atoms with Crippen molar-refractivity contribution in [3.05, 3.63) is 46.9 Å². The minimum atomic E-state index is -0.631. The summed E-state index contributed by atoms with van der Waals surface area (Å²) < 4.78 is 18.9. The van der Waals surface area contributed by atoms with Crippen LogP contribution in [0.2, 0.25) is 5.02 Å². The van der Waals surface area contributed by atoms with Crippen molar-refractivity contribution in [2.75, 3.05) is 5.32 Å². The van der Waals surface area contributed by atoms with Crippen LogP contribution >= 0.6 is 11.6 Å². The van der Waals surface area contributed by atoms with Gasteiger partial charge in [-0.25, -0.2) is 9.37 Å². The molecule has 0 bridgehead atoms. The molecule has 6 nitrogen and oxygen atoms in total. The smallest absolute Gasteiger partial charge is 0.277 e. The Hall–Kier alpha value is -2.41. The maximum absolute atomic E-state index is 13.5. The van der Waals surface area contributed by atoms with Crippen LogP contribution in [0.25, 0.3) is 0 Å². The van der Waals surface area contributed by atoms with E-state index in [4.69, 9.17) is 16.0 Å². The van der Waals surface area contributed by atoms with Gasteiger partial charge in [0.1, 0.15) is 18.1 Å². The van der Waals surface area contributed by atoms with Gasteiger partial charge in [0.15, 0.2) is 5.69 Å².